The second-order valence-electron chi connectivity index (χ2n) is 8.65. The van der Waals surface area contributed by atoms with Gasteiger partial charge in [-0.15, -0.1) is 0 Å². The van der Waals surface area contributed by atoms with Crippen LogP contribution in [0.4, 0.5) is 0 Å². The molecule has 0 saturated carbocycles. The molecule has 0 heterocycles. The van der Waals surface area contributed by atoms with Crippen molar-refractivity contribution in [2.24, 2.45) is 0 Å². The number of carboxylic acids is 1. The van der Waals surface area contributed by atoms with Gasteiger partial charge in [0.05, 0.1) is 0 Å². The lowest BCUT2D eigenvalue weighted by atomic mass is 9.74. The molecule has 0 N–H and O–H groups in total. The van der Waals surface area contributed by atoms with Crippen molar-refractivity contribution in [3.8, 4) is 11.5 Å². The molecule has 0 saturated heterocycles. The number of alkyl halides is 2. The average Bonchev–Trinajstić information content (AvgIpc) is 2.67. The summed E-state index contributed by atoms with van der Waals surface area (Å²) in [6.07, 6.45) is -0.257. The number of hydrogen-bond donors (Lipinski definition) is 0. The zero-order valence-electron chi connectivity index (χ0n) is 18.5. The second kappa shape index (κ2) is 10.1. The fourth-order valence-corrected chi connectivity index (χ4v) is 3.12. The minimum absolute atomic E-state index is 0.257. The molecule has 0 radical (unpaired) electrons. The van der Waals surface area contributed by atoms with Crippen LogP contribution in [0.25, 0.3) is 0 Å². The molecule has 0 atom stereocenters. The molecule has 0 spiro atoms. The summed E-state index contributed by atoms with van der Waals surface area (Å²) in [6, 6.07) is 13.5. The lowest BCUT2D eigenvalue weighted by molar-refractivity contribution is -0.306. The lowest BCUT2D eigenvalue weighted by Crippen LogP contribution is -2.34. The molecule has 2 aromatic rings. The number of ether oxygens (including phenoxy) is 2. The van der Waals surface area contributed by atoms with E-state index in [1.165, 1.54) is 0 Å². The Balaban J connectivity index is 2.33. The number of aliphatic carboxylic acids is 1. The molecule has 0 fully saturated rings. The molecule has 2 rings (SSSR count). The number of carbonyl (C=O) groups excluding carboxylic acids is 3. The van der Waals surface area contributed by atoms with E-state index in [0.29, 0.717) is 22.6 Å². The summed E-state index contributed by atoms with van der Waals surface area (Å²) in [4.78, 5) is 35.8. The number of benzene rings is 2. The van der Waals surface area contributed by atoms with Crippen LogP contribution in [0.3, 0.4) is 0 Å². The third-order valence-corrected chi connectivity index (χ3v) is 5.75. The van der Waals surface area contributed by atoms with Gasteiger partial charge in [0.1, 0.15) is 18.3 Å². The Morgan fingerprint density at radius 1 is 0.719 bits per heavy atom. The summed E-state index contributed by atoms with van der Waals surface area (Å²) in [5.41, 5.74) is 0.524. The van der Waals surface area contributed by atoms with Gasteiger partial charge in [-0.2, -0.15) is 0 Å². The Hall–Kier alpha value is -1.69. The Morgan fingerprint density at radius 2 is 1.03 bits per heavy atom. The Labute approximate surface area is 215 Å². The monoisotopic (exact) mass is 663 g/mol. The Kier molecular flexibility index (Phi) is 8.35. The maximum atomic E-state index is 12.1. The first-order valence-corrected chi connectivity index (χ1v) is 12.0. The molecule has 0 unspecified atom stereocenters. The molecule has 8 heteroatoms. The SMILES string of the molecule is CC(C)(I)C(=O)Oc1ccc(C(C)(CC(=O)[O-])c2ccc(OC(=O)C(C)(C)I)cc2)cc1. The van der Waals surface area contributed by atoms with Crippen LogP contribution < -0.4 is 14.6 Å². The van der Waals surface area contributed by atoms with E-state index in [1.54, 1.807) is 83.1 Å². The van der Waals surface area contributed by atoms with Gasteiger partial charge in [-0.05, 0) is 63.1 Å². The van der Waals surface area contributed by atoms with Crippen LogP contribution in [0.15, 0.2) is 48.5 Å². The van der Waals surface area contributed by atoms with E-state index in [0.717, 1.165) is 0 Å². The first-order chi connectivity index (χ1) is 14.6. The molecule has 2 aromatic carbocycles. The van der Waals surface area contributed by atoms with Gasteiger partial charge in [0.25, 0.3) is 0 Å². The number of carboxylic acid groups (broad SMARTS) is 1. The Morgan fingerprint density at radius 3 is 1.28 bits per heavy atom. The van der Waals surface area contributed by atoms with Crippen molar-refractivity contribution in [3.63, 3.8) is 0 Å². The lowest BCUT2D eigenvalue weighted by Gasteiger charge is -2.32. The van der Waals surface area contributed by atoms with Crippen molar-refractivity contribution in [2.75, 3.05) is 0 Å². The number of hydrogen-bond acceptors (Lipinski definition) is 6. The first-order valence-electron chi connectivity index (χ1n) is 9.86. The summed E-state index contributed by atoms with van der Waals surface area (Å²) >= 11 is 4.01. The average molecular weight is 663 g/mol. The predicted octanol–water partition coefficient (Wildman–Crippen LogP) is 4.37. The van der Waals surface area contributed by atoms with Crippen molar-refractivity contribution in [1.82, 2.24) is 0 Å². The minimum Gasteiger partial charge on any atom is -0.550 e. The molecule has 0 aliphatic carbocycles. The van der Waals surface area contributed by atoms with E-state index in [2.05, 4.69) is 0 Å². The molecule has 32 heavy (non-hydrogen) atoms. The van der Waals surface area contributed by atoms with E-state index in [4.69, 9.17) is 9.47 Å². The molecule has 0 aromatic heterocycles. The molecule has 172 valence electrons. The summed E-state index contributed by atoms with van der Waals surface area (Å²) in [5.74, 6) is -1.19. The maximum Gasteiger partial charge on any atom is 0.326 e. The fourth-order valence-electron chi connectivity index (χ4n) is 2.90. The van der Waals surface area contributed by atoms with Crippen LogP contribution in [-0.2, 0) is 19.8 Å². The highest BCUT2D eigenvalue weighted by Gasteiger charge is 2.31. The third kappa shape index (κ3) is 6.90. The van der Waals surface area contributed by atoms with Gasteiger partial charge >= 0.3 is 11.9 Å². The van der Waals surface area contributed by atoms with Gasteiger partial charge < -0.3 is 19.4 Å². The number of rotatable bonds is 8. The maximum absolute atomic E-state index is 12.1. The highest BCUT2D eigenvalue weighted by atomic mass is 127. The fraction of sp³-hybridized carbons (Fsp3) is 0.375. The Bertz CT molecular complexity index is 912. The highest BCUT2D eigenvalue weighted by Crippen LogP contribution is 2.37. The largest absolute Gasteiger partial charge is 0.550 e. The van der Waals surface area contributed by atoms with Gasteiger partial charge in [-0.25, -0.2) is 0 Å². The third-order valence-electron chi connectivity index (χ3n) is 4.87. The highest BCUT2D eigenvalue weighted by molar-refractivity contribution is 14.1. The second-order valence-corrected chi connectivity index (χ2v) is 14.0. The number of carbonyl (C=O) groups is 3. The standard InChI is InChI=1S/C24H26I2O6/c1-22(2,25)20(29)31-17-10-6-15(7-11-17)24(5,14-19(27)28)16-8-12-18(13-9-16)32-21(30)23(3,4)26/h6-13H,14H2,1-5H3,(H,27,28)/p-1. The van der Waals surface area contributed by atoms with Crippen LogP contribution in [0.5, 0.6) is 11.5 Å². The van der Waals surface area contributed by atoms with Crippen LogP contribution in [-0.4, -0.2) is 24.8 Å². The van der Waals surface area contributed by atoms with Gasteiger partial charge in [0.15, 0.2) is 0 Å². The molecule has 0 amide bonds. The van der Waals surface area contributed by atoms with Gasteiger partial charge in [-0.1, -0.05) is 76.4 Å². The topological polar surface area (TPSA) is 92.7 Å². The molecular weight excluding hydrogens is 638 g/mol. The van der Waals surface area contributed by atoms with Gasteiger partial charge in [-0.3, -0.25) is 9.59 Å². The summed E-state index contributed by atoms with van der Waals surface area (Å²) < 4.78 is 9.44. The summed E-state index contributed by atoms with van der Waals surface area (Å²) in [7, 11) is 0. The van der Waals surface area contributed by atoms with E-state index in [1.807, 2.05) is 45.2 Å². The van der Waals surface area contributed by atoms with Crippen LogP contribution >= 0.6 is 45.2 Å². The predicted molar refractivity (Wildman–Crippen MR) is 136 cm³/mol. The van der Waals surface area contributed by atoms with Crippen LogP contribution in [0.2, 0.25) is 0 Å². The van der Waals surface area contributed by atoms with Crippen molar-refractivity contribution < 1.29 is 29.0 Å². The summed E-state index contributed by atoms with van der Waals surface area (Å²) in [6.45, 7) is 8.81. The van der Waals surface area contributed by atoms with Crippen molar-refractivity contribution >= 4 is 63.1 Å². The normalized spacial score (nSPS) is 12.2. The van der Waals surface area contributed by atoms with Crippen LogP contribution in [0, 0.1) is 0 Å². The zero-order chi connectivity index (χ0) is 24.3. The van der Waals surface area contributed by atoms with E-state index in [-0.39, 0.29) is 18.4 Å². The van der Waals surface area contributed by atoms with Gasteiger partial charge in [0.2, 0.25) is 0 Å². The van der Waals surface area contributed by atoms with Gasteiger partial charge in [0, 0.05) is 17.8 Å². The quantitative estimate of drug-likeness (QED) is 0.181. The minimum atomic E-state index is -1.20. The molecule has 0 bridgehead atoms. The first kappa shape index (κ1) is 26.6. The molecule has 6 nitrogen and oxygen atoms in total. The van der Waals surface area contributed by atoms with Crippen molar-refractivity contribution in [3.05, 3.63) is 59.7 Å². The zero-order valence-corrected chi connectivity index (χ0v) is 22.8. The van der Waals surface area contributed by atoms with E-state index in [9.17, 15) is 19.5 Å². The van der Waals surface area contributed by atoms with E-state index < -0.39 is 18.2 Å². The van der Waals surface area contributed by atoms with Crippen LogP contribution in [0.1, 0.15) is 52.2 Å². The summed E-state index contributed by atoms with van der Waals surface area (Å²) in [5, 5.41) is 11.6. The smallest absolute Gasteiger partial charge is 0.326 e. The molecule has 0 aliphatic rings. The number of esters is 2. The molecular formula is C24H25I2O6-. The molecule has 0 aliphatic heterocycles. The van der Waals surface area contributed by atoms with E-state index >= 15 is 0 Å². The number of halogens is 2. The van der Waals surface area contributed by atoms with Crippen molar-refractivity contribution in [1.29, 1.82) is 0 Å². The van der Waals surface area contributed by atoms with Crippen molar-refractivity contribution in [2.45, 2.75) is 53.3 Å².